The lowest BCUT2D eigenvalue weighted by Gasteiger charge is -2.40. The highest BCUT2D eigenvalue weighted by Crippen LogP contribution is 2.45. The molecule has 0 saturated heterocycles. The number of halogens is 1. The molecule has 0 amide bonds. The van der Waals surface area contributed by atoms with E-state index in [9.17, 15) is 0 Å². The van der Waals surface area contributed by atoms with Crippen LogP contribution >= 0.6 is 11.6 Å². The van der Waals surface area contributed by atoms with Crippen molar-refractivity contribution in [3.05, 3.63) is 30.1 Å². The van der Waals surface area contributed by atoms with E-state index in [1.165, 1.54) is 32.1 Å². The second kappa shape index (κ2) is 5.39. The summed E-state index contributed by atoms with van der Waals surface area (Å²) < 4.78 is 0. The molecule has 0 radical (unpaired) electrons. The molecule has 1 saturated carbocycles. The van der Waals surface area contributed by atoms with Crippen LogP contribution < -0.4 is 0 Å². The minimum absolute atomic E-state index is 0.192. The van der Waals surface area contributed by atoms with Crippen molar-refractivity contribution in [3.63, 3.8) is 0 Å². The monoisotopic (exact) mass is 251 g/mol. The zero-order valence-electron chi connectivity index (χ0n) is 10.8. The Morgan fingerprint density at radius 1 is 1.24 bits per heavy atom. The van der Waals surface area contributed by atoms with Crippen molar-refractivity contribution in [1.29, 1.82) is 0 Å². The van der Waals surface area contributed by atoms with Crippen molar-refractivity contribution in [2.45, 2.75) is 57.2 Å². The van der Waals surface area contributed by atoms with Crippen molar-refractivity contribution in [2.75, 3.05) is 0 Å². The first-order chi connectivity index (χ1) is 8.13. The molecule has 0 bridgehead atoms. The third-order valence-electron chi connectivity index (χ3n) is 4.25. The van der Waals surface area contributed by atoms with Gasteiger partial charge in [0.15, 0.2) is 0 Å². The molecule has 1 aliphatic rings. The first-order valence-electron chi connectivity index (χ1n) is 6.68. The van der Waals surface area contributed by atoms with E-state index >= 15 is 0 Å². The van der Waals surface area contributed by atoms with Crippen LogP contribution in [0.3, 0.4) is 0 Å². The molecule has 2 rings (SSSR count). The predicted molar refractivity (Wildman–Crippen MR) is 73.5 cm³/mol. The van der Waals surface area contributed by atoms with Gasteiger partial charge in [-0.3, -0.25) is 4.98 Å². The van der Waals surface area contributed by atoms with Gasteiger partial charge in [0, 0.05) is 23.2 Å². The molecular formula is C15H22ClN. The van der Waals surface area contributed by atoms with Gasteiger partial charge in [0.05, 0.1) is 0 Å². The van der Waals surface area contributed by atoms with Gasteiger partial charge < -0.3 is 0 Å². The fourth-order valence-corrected chi connectivity index (χ4v) is 3.38. The molecule has 1 aromatic rings. The van der Waals surface area contributed by atoms with Crippen LogP contribution in [-0.2, 0) is 0 Å². The van der Waals surface area contributed by atoms with Gasteiger partial charge in [-0.2, -0.15) is 0 Å². The number of pyridine rings is 1. The SMILES string of the molecule is CC(c1ccccn1)C(Cl)C1(C)CCCCC1. The summed E-state index contributed by atoms with van der Waals surface area (Å²) >= 11 is 6.75. The summed E-state index contributed by atoms with van der Waals surface area (Å²) in [6.07, 6.45) is 8.41. The first-order valence-corrected chi connectivity index (χ1v) is 7.12. The number of nitrogens with zero attached hydrogens (tertiary/aromatic N) is 1. The number of alkyl halides is 1. The van der Waals surface area contributed by atoms with Crippen molar-refractivity contribution in [3.8, 4) is 0 Å². The highest BCUT2D eigenvalue weighted by Gasteiger charge is 2.37. The zero-order valence-corrected chi connectivity index (χ0v) is 11.6. The van der Waals surface area contributed by atoms with Gasteiger partial charge >= 0.3 is 0 Å². The molecule has 1 heterocycles. The van der Waals surface area contributed by atoms with E-state index in [1.807, 2.05) is 18.3 Å². The summed E-state index contributed by atoms with van der Waals surface area (Å²) in [5, 5.41) is 0.192. The fourth-order valence-electron chi connectivity index (χ4n) is 3.03. The molecule has 0 N–H and O–H groups in total. The summed E-state index contributed by atoms with van der Waals surface area (Å²) in [6.45, 7) is 4.56. The van der Waals surface area contributed by atoms with Crippen LogP contribution in [0.4, 0.5) is 0 Å². The van der Waals surface area contributed by atoms with Crippen LogP contribution in [0.15, 0.2) is 24.4 Å². The van der Waals surface area contributed by atoms with Gasteiger partial charge in [0.2, 0.25) is 0 Å². The average Bonchev–Trinajstić information content (AvgIpc) is 2.39. The lowest BCUT2D eigenvalue weighted by Crippen LogP contribution is -2.34. The minimum atomic E-state index is 0.192. The second-order valence-corrected chi connectivity index (χ2v) is 6.13. The molecule has 17 heavy (non-hydrogen) atoms. The average molecular weight is 252 g/mol. The van der Waals surface area contributed by atoms with Crippen molar-refractivity contribution < 1.29 is 0 Å². The fraction of sp³-hybridized carbons (Fsp3) is 0.667. The Labute approximate surface area is 110 Å². The standard InChI is InChI=1S/C15H22ClN/c1-12(13-8-4-7-11-17-13)14(16)15(2)9-5-3-6-10-15/h4,7-8,11-12,14H,3,5-6,9-10H2,1-2H3. The highest BCUT2D eigenvalue weighted by atomic mass is 35.5. The molecule has 0 spiro atoms. The number of rotatable bonds is 3. The number of aromatic nitrogens is 1. The molecule has 1 nitrogen and oxygen atoms in total. The molecule has 0 aliphatic heterocycles. The Morgan fingerprint density at radius 2 is 1.94 bits per heavy atom. The van der Waals surface area contributed by atoms with E-state index in [0.29, 0.717) is 5.92 Å². The molecular weight excluding hydrogens is 230 g/mol. The summed E-state index contributed by atoms with van der Waals surface area (Å²) in [5.74, 6) is 0.334. The number of hydrogen-bond donors (Lipinski definition) is 0. The predicted octanol–water partition coefficient (Wildman–Crippen LogP) is 4.76. The van der Waals surface area contributed by atoms with Gasteiger partial charge in [-0.1, -0.05) is 39.2 Å². The second-order valence-electron chi connectivity index (χ2n) is 5.66. The Morgan fingerprint density at radius 3 is 2.53 bits per heavy atom. The third-order valence-corrected chi connectivity index (χ3v) is 5.16. The normalized spacial score (nSPS) is 23.0. The summed E-state index contributed by atoms with van der Waals surface area (Å²) in [4.78, 5) is 4.44. The Kier molecular flexibility index (Phi) is 4.09. The first kappa shape index (κ1) is 12.9. The van der Waals surface area contributed by atoms with Gasteiger partial charge in [0.25, 0.3) is 0 Å². The zero-order chi connectivity index (χ0) is 12.3. The molecule has 1 aromatic heterocycles. The van der Waals surface area contributed by atoms with Crippen molar-refractivity contribution >= 4 is 11.6 Å². The summed E-state index contributed by atoms with van der Waals surface area (Å²) in [5.41, 5.74) is 1.41. The van der Waals surface area contributed by atoms with Crippen LogP contribution in [-0.4, -0.2) is 10.4 Å². The summed E-state index contributed by atoms with van der Waals surface area (Å²) in [6, 6.07) is 6.10. The van der Waals surface area contributed by atoms with Gasteiger partial charge in [-0.15, -0.1) is 11.6 Å². The molecule has 1 fully saturated rings. The van der Waals surface area contributed by atoms with E-state index < -0.39 is 0 Å². The Bertz CT molecular complexity index is 343. The minimum Gasteiger partial charge on any atom is -0.261 e. The van der Waals surface area contributed by atoms with Gasteiger partial charge in [-0.25, -0.2) is 0 Å². The summed E-state index contributed by atoms with van der Waals surface area (Å²) in [7, 11) is 0. The molecule has 2 atom stereocenters. The van der Waals surface area contributed by atoms with Crippen LogP contribution in [0, 0.1) is 5.41 Å². The van der Waals surface area contributed by atoms with Crippen molar-refractivity contribution in [1.82, 2.24) is 4.98 Å². The third kappa shape index (κ3) is 2.82. The maximum Gasteiger partial charge on any atom is 0.0470 e. The van der Waals surface area contributed by atoms with Crippen molar-refractivity contribution in [2.24, 2.45) is 5.41 Å². The van der Waals surface area contributed by atoms with Gasteiger partial charge in [0.1, 0.15) is 0 Å². The maximum atomic E-state index is 6.75. The lowest BCUT2D eigenvalue weighted by molar-refractivity contribution is 0.192. The van der Waals surface area contributed by atoms with Crippen LogP contribution in [0.2, 0.25) is 0 Å². The van der Waals surface area contributed by atoms with Crippen LogP contribution in [0.25, 0.3) is 0 Å². The van der Waals surface area contributed by atoms with E-state index in [1.54, 1.807) is 0 Å². The quantitative estimate of drug-likeness (QED) is 0.706. The van der Waals surface area contributed by atoms with E-state index in [-0.39, 0.29) is 10.8 Å². The Balaban J connectivity index is 2.11. The lowest BCUT2D eigenvalue weighted by atomic mass is 9.70. The van der Waals surface area contributed by atoms with Gasteiger partial charge in [-0.05, 0) is 30.4 Å². The van der Waals surface area contributed by atoms with Crippen LogP contribution in [0.1, 0.15) is 57.6 Å². The van der Waals surface area contributed by atoms with E-state index in [4.69, 9.17) is 11.6 Å². The molecule has 2 heteroatoms. The smallest absolute Gasteiger partial charge is 0.0470 e. The van der Waals surface area contributed by atoms with Crippen LogP contribution in [0.5, 0.6) is 0 Å². The highest BCUT2D eigenvalue weighted by molar-refractivity contribution is 6.21. The van der Waals surface area contributed by atoms with E-state index in [2.05, 4.69) is 24.9 Å². The number of hydrogen-bond acceptors (Lipinski definition) is 1. The Hall–Kier alpha value is -0.560. The molecule has 94 valence electrons. The molecule has 2 unspecified atom stereocenters. The molecule has 0 aromatic carbocycles. The van der Waals surface area contributed by atoms with E-state index in [0.717, 1.165) is 5.69 Å². The largest absolute Gasteiger partial charge is 0.261 e. The topological polar surface area (TPSA) is 12.9 Å². The molecule has 1 aliphatic carbocycles. The maximum absolute atomic E-state index is 6.75.